The van der Waals surface area contributed by atoms with Crippen molar-refractivity contribution in [2.24, 2.45) is 0 Å². The van der Waals surface area contributed by atoms with E-state index in [0.717, 1.165) is 0 Å². The summed E-state index contributed by atoms with van der Waals surface area (Å²) in [5.74, 6) is -0.541. The first-order valence-corrected chi connectivity index (χ1v) is 7.49. The van der Waals surface area contributed by atoms with Crippen LogP contribution in [0.1, 0.15) is 32.4 Å². The van der Waals surface area contributed by atoms with E-state index < -0.39 is 11.9 Å². The average Bonchev–Trinajstić information content (AvgIpc) is 2.93. The van der Waals surface area contributed by atoms with Crippen LogP contribution in [0.3, 0.4) is 0 Å². The minimum atomic E-state index is -0.578. The second-order valence-corrected chi connectivity index (χ2v) is 5.57. The van der Waals surface area contributed by atoms with Crippen LogP contribution in [-0.4, -0.2) is 33.9 Å². The summed E-state index contributed by atoms with van der Waals surface area (Å²) in [4.78, 5) is 45.8. The Balaban J connectivity index is 1.96. The number of aromatic amines is 2. The molecular weight excluding hydrogens is 324 g/mol. The highest BCUT2D eigenvalue weighted by atomic mass is 16.5. The largest absolute Gasteiger partial charge is 0.464 e. The Labute approximate surface area is 142 Å². The van der Waals surface area contributed by atoms with E-state index in [1.54, 1.807) is 26.0 Å². The molecule has 0 atom stereocenters. The number of H-pyrrole nitrogens is 2. The number of nitrogens with zero attached hydrogens (tertiary/aromatic N) is 1. The van der Waals surface area contributed by atoms with E-state index in [2.05, 4.69) is 20.3 Å². The molecule has 2 aromatic heterocycles. The van der Waals surface area contributed by atoms with Gasteiger partial charge in [-0.1, -0.05) is 0 Å². The van der Waals surface area contributed by atoms with Gasteiger partial charge < -0.3 is 20.0 Å². The number of aromatic nitrogens is 3. The lowest BCUT2D eigenvalue weighted by molar-refractivity contribution is 0.0596. The molecule has 0 aliphatic rings. The molecule has 1 amide bonds. The quantitative estimate of drug-likeness (QED) is 0.630. The normalized spacial score (nSPS) is 10.7. The van der Waals surface area contributed by atoms with Crippen LogP contribution >= 0.6 is 0 Å². The molecule has 0 radical (unpaired) electrons. The van der Waals surface area contributed by atoms with Crippen LogP contribution in [0, 0.1) is 13.8 Å². The molecule has 3 aromatic rings. The molecule has 0 aliphatic heterocycles. The van der Waals surface area contributed by atoms with Crippen molar-refractivity contribution in [3.05, 3.63) is 57.4 Å². The van der Waals surface area contributed by atoms with Crippen molar-refractivity contribution < 1.29 is 14.3 Å². The first-order chi connectivity index (χ1) is 11.9. The Morgan fingerprint density at radius 1 is 1.16 bits per heavy atom. The second kappa shape index (κ2) is 6.23. The number of fused-ring (bicyclic) bond motifs is 1. The third-order valence-corrected chi connectivity index (χ3v) is 3.68. The number of methoxy groups -OCH3 is 1. The van der Waals surface area contributed by atoms with Gasteiger partial charge in [0, 0.05) is 11.3 Å². The fourth-order valence-corrected chi connectivity index (χ4v) is 2.54. The lowest BCUT2D eigenvalue weighted by atomic mass is 10.1. The number of amides is 1. The number of hydrogen-bond acceptors (Lipinski definition) is 5. The number of benzene rings is 1. The molecule has 0 fully saturated rings. The number of nitrogens with one attached hydrogen (secondary N) is 3. The van der Waals surface area contributed by atoms with Gasteiger partial charge in [0.1, 0.15) is 11.5 Å². The van der Waals surface area contributed by atoms with Crippen molar-refractivity contribution in [1.29, 1.82) is 0 Å². The van der Waals surface area contributed by atoms with Crippen LogP contribution in [0.5, 0.6) is 0 Å². The standard InChI is InChI=1S/C17H16N4O4/c1-8-6-13(14(18-8)17(24)25-3)21-15(22)10-4-5-11-12(7-10)19-9(2)20-16(11)23/h4-7,18H,1-3H3,(H,21,22)(H,19,20,23). The SMILES string of the molecule is COC(=O)c1[nH]c(C)cc1NC(=O)c1ccc2c(=O)[nH]c(C)nc2c1. The molecule has 2 heterocycles. The number of aryl methyl sites for hydroxylation is 2. The minimum Gasteiger partial charge on any atom is -0.464 e. The van der Waals surface area contributed by atoms with Crippen molar-refractivity contribution in [3.8, 4) is 0 Å². The Kier molecular flexibility index (Phi) is 4.10. The highest BCUT2D eigenvalue weighted by Crippen LogP contribution is 2.19. The summed E-state index contributed by atoms with van der Waals surface area (Å²) in [6.07, 6.45) is 0. The number of carbonyl (C=O) groups is 2. The van der Waals surface area contributed by atoms with Crippen molar-refractivity contribution >= 4 is 28.5 Å². The Morgan fingerprint density at radius 3 is 2.64 bits per heavy atom. The zero-order chi connectivity index (χ0) is 18.1. The summed E-state index contributed by atoms with van der Waals surface area (Å²) in [5, 5.41) is 3.07. The molecule has 128 valence electrons. The molecule has 8 heteroatoms. The van der Waals surface area contributed by atoms with E-state index in [0.29, 0.717) is 33.7 Å². The van der Waals surface area contributed by atoms with Crippen LogP contribution < -0.4 is 10.9 Å². The van der Waals surface area contributed by atoms with E-state index in [1.807, 2.05) is 0 Å². The molecule has 0 saturated heterocycles. The topological polar surface area (TPSA) is 117 Å². The molecule has 3 N–H and O–H groups in total. The number of esters is 1. The Morgan fingerprint density at radius 2 is 1.92 bits per heavy atom. The predicted molar refractivity (Wildman–Crippen MR) is 91.9 cm³/mol. The number of rotatable bonds is 3. The maximum atomic E-state index is 12.5. The third-order valence-electron chi connectivity index (χ3n) is 3.68. The van der Waals surface area contributed by atoms with Crippen molar-refractivity contribution in [1.82, 2.24) is 15.0 Å². The Hall–Kier alpha value is -3.42. The van der Waals surface area contributed by atoms with E-state index in [9.17, 15) is 14.4 Å². The lowest BCUT2D eigenvalue weighted by Crippen LogP contribution is -2.15. The molecule has 8 nitrogen and oxygen atoms in total. The van der Waals surface area contributed by atoms with E-state index >= 15 is 0 Å². The second-order valence-electron chi connectivity index (χ2n) is 5.57. The van der Waals surface area contributed by atoms with Gasteiger partial charge in [-0.2, -0.15) is 0 Å². The smallest absolute Gasteiger partial charge is 0.356 e. The number of carbonyl (C=O) groups excluding carboxylic acids is 2. The van der Waals surface area contributed by atoms with Crippen molar-refractivity contribution in [2.45, 2.75) is 13.8 Å². The van der Waals surface area contributed by atoms with Crippen molar-refractivity contribution in [3.63, 3.8) is 0 Å². The molecule has 0 aliphatic carbocycles. The van der Waals surface area contributed by atoms with Gasteiger partial charge in [-0.05, 0) is 38.1 Å². The summed E-state index contributed by atoms with van der Waals surface area (Å²) in [7, 11) is 1.26. The number of ether oxygens (including phenoxy) is 1. The molecule has 0 bridgehead atoms. The summed E-state index contributed by atoms with van der Waals surface area (Å²) in [6.45, 7) is 3.43. The van der Waals surface area contributed by atoms with Gasteiger partial charge in [-0.25, -0.2) is 9.78 Å². The minimum absolute atomic E-state index is 0.166. The van der Waals surface area contributed by atoms with Gasteiger partial charge in [0.2, 0.25) is 0 Å². The summed E-state index contributed by atoms with van der Waals surface area (Å²) in [5.41, 5.74) is 1.68. The van der Waals surface area contributed by atoms with Crippen molar-refractivity contribution in [2.75, 3.05) is 12.4 Å². The summed E-state index contributed by atoms with van der Waals surface area (Å²) < 4.78 is 4.69. The fourth-order valence-electron chi connectivity index (χ4n) is 2.54. The average molecular weight is 340 g/mol. The first-order valence-electron chi connectivity index (χ1n) is 7.49. The maximum Gasteiger partial charge on any atom is 0.356 e. The predicted octanol–water partition coefficient (Wildman–Crippen LogP) is 1.91. The number of hydrogen-bond donors (Lipinski definition) is 3. The van der Waals surface area contributed by atoms with Gasteiger partial charge >= 0.3 is 5.97 Å². The fraction of sp³-hybridized carbons (Fsp3) is 0.176. The van der Waals surface area contributed by atoms with E-state index in [-0.39, 0.29) is 11.3 Å². The van der Waals surface area contributed by atoms with Gasteiger partial charge in [0.05, 0.1) is 23.7 Å². The first kappa shape index (κ1) is 16.4. The van der Waals surface area contributed by atoms with E-state index in [4.69, 9.17) is 4.74 Å². The molecule has 0 saturated carbocycles. The lowest BCUT2D eigenvalue weighted by Gasteiger charge is -2.06. The maximum absolute atomic E-state index is 12.5. The zero-order valence-electron chi connectivity index (χ0n) is 13.9. The summed E-state index contributed by atoms with van der Waals surface area (Å²) >= 11 is 0. The van der Waals surface area contributed by atoms with Crippen LogP contribution in [-0.2, 0) is 4.74 Å². The molecule has 25 heavy (non-hydrogen) atoms. The van der Waals surface area contributed by atoms with Crippen LogP contribution in [0.15, 0.2) is 29.1 Å². The highest BCUT2D eigenvalue weighted by molar-refractivity contribution is 6.08. The van der Waals surface area contributed by atoms with Crippen LogP contribution in [0.2, 0.25) is 0 Å². The molecule has 1 aromatic carbocycles. The molecule has 0 spiro atoms. The monoisotopic (exact) mass is 340 g/mol. The molecule has 0 unspecified atom stereocenters. The van der Waals surface area contributed by atoms with Gasteiger partial charge in [0.25, 0.3) is 11.5 Å². The highest BCUT2D eigenvalue weighted by Gasteiger charge is 2.18. The van der Waals surface area contributed by atoms with Gasteiger partial charge in [-0.15, -0.1) is 0 Å². The molecule has 3 rings (SSSR count). The number of anilines is 1. The zero-order valence-corrected chi connectivity index (χ0v) is 13.9. The summed E-state index contributed by atoms with van der Waals surface area (Å²) in [6, 6.07) is 6.24. The third kappa shape index (κ3) is 3.14. The van der Waals surface area contributed by atoms with Gasteiger partial charge in [-0.3, -0.25) is 9.59 Å². The Bertz CT molecular complexity index is 1050. The molecular formula is C17H16N4O4. The van der Waals surface area contributed by atoms with E-state index in [1.165, 1.54) is 19.2 Å². The van der Waals surface area contributed by atoms with Crippen LogP contribution in [0.25, 0.3) is 10.9 Å². The van der Waals surface area contributed by atoms with Crippen LogP contribution in [0.4, 0.5) is 5.69 Å². The van der Waals surface area contributed by atoms with Gasteiger partial charge in [0.15, 0.2) is 0 Å².